The molecule has 144 valence electrons. The largest absolute Gasteiger partial charge is 0.334 e. The minimum atomic E-state index is -1.13. The lowest BCUT2D eigenvalue weighted by molar-refractivity contribution is -0.140. The fourth-order valence-electron chi connectivity index (χ4n) is 4.53. The molecular formula is C20H26N4O3. The number of nitrogens with zero attached hydrogens (tertiary/aromatic N) is 2. The van der Waals surface area contributed by atoms with Crippen LogP contribution < -0.4 is 10.6 Å². The molecule has 3 atom stereocenters. The number of imide groups is 1. The summed E-state index contributed by atoms with van der Waals surface area (Å²) in [6, 6.07) is 7.39. The van der Waals surface area contributed by atoms with Gasteiger partial charge in [0.15, 0.2) is 0 Å². The summed E-state index contributed by atoms with van der Waals surface area (Å²) in [5, 5.41) is 6.14. The van der Waals surface area contributed by atoms with Crippen molar-refractivity contribution in [1.82, 2.24) is 20.4 Å². The Hall–Kier alpha value is -2.41. The van der Waals surface area contributed by atoms with Crippen molar-refractivity contribution in [2.75, 3.05) is 19.6 Å². The summed E-state index contributed by atoms with van der Waals surface area (Å²) in [7, 11) is 0. The van der Waals surface area contributed by atoms with Crippen LogP contribution in [0, 0.1) is 6.92 Å². The summed E-state index contributed by atoms with van der Waals surface area (Å²) in [6.07, 6.45) is 2.90. The predicted molar refractivity (Wildman–Crippen MR) is 99.9 cm³/mol. The Labute approximate surface area is 159 Å². The quantitative estimate of drug-likeness (QED) is 0.781. The van der Waals surface area contributed by atoms with Gasteiger partial charge in [-0.2, -0.15) is 0 Å². The van der Waals surface area contributed by atoms with Gasteiger partial charge in [-0.25, -0.2) is 4.79 Å². The first-order chi connectivity index (χ1) is 12.9. The van der Waals surface area contributed by atoms with Gasteiger partial charge in [-0.1, -0.05) is 29.8 Å². The Balaban J connectivity index is 1.52. The van der Waals surface area contributed by atoms with Gasteiger partial charge in [0.05, 0.1) is 0 Å². The van der Waals surface area contributed by atoms with E-state index in [-0.39, 0.29) is 30.4 Å². The second-order valence-corrected chi connectivity index (χ2v) is 7.99. The van der Waals surface area contributed by atoms with Crippen LogP contribution in [0.3, 0.4) is 0 Å². The molecule has 3 unspecified atom stereocenters. The van der Waals surface area contributed by atoms with Crippen LogP contribution in [-0.4, -0.2) is 59.4 Å². The fourth-order valence-corrected chi connectivity index (χ4v) is 4.53. The van der Waals surface area contributed by atoms with Crippen molar-refractivity contribution in [1.29, 1.82) is 0 Å². The topological polar surface area (TPSA) is 81.8 Å². The third-order valence-electron chi connectivity index (χ3n) is 6.14. The molecule has 3 saturated heterocycles. The number of benzene rings is 1. The molecule has 7 nitrogen and oxygen atoms in total. The van der Waals surface area contributed by atoms with Crippen molar-refractivity contribution in [2.24, 2.45) is 0 Å². The Bertz CT molecular complexity index is 764. The minimum absolute atomic E-state index is 0.136. The minimum Gasteiger partial charge on any atom is -0.334 e. The molecular weight excluding hydrogens is 344 g/mol. The van der Waals surface area contributed by atoms with E-state index in [1.165, 1.54) is 0 Å². The highest BCUT2D eigenvalue weighted by molar-refractivity contribution is 6.09. The van der Waals surface area contributed by atoms with Gasteiger partial charge < -0.3 is 15.5 Å². The number of hydrogen-bond donors (Lipinski definition) is 2. The van der Waals surface area contributed by atoms with E-state index in [0.717, 1.165) is 48.4 Å². The summed E-state index contributed by atoms with van der Waals surface area (Å²) in [5.41, 5.74) is 0.668. The number of amides is 4. The van der Waals surface area contributed by atoms with E-state index in [0.29, 0.717) is 0 Å². The highest BCUT2D eigenvalue weighted by Gasteiger charge is 2.50. The zero-order chi connectivity index (χ0) is 19.2. The normalized spacial score (nSPS) is 30.4. The van der Waals surface area contributed by atoms with E-state index in [1.807, 2.05) is 36.1 Å². The molecule has 3 aliphatic rings. The molecule has 3 aliphatic heterocycles. The third kappa shape index (κ3) is 3.00. The van der Waals surface area contributed by atoms with Gasteiger partial charge in [0.1, 0.15) is 12.1 Å². The molecule has 4 rings (SSSR count). The van der Waals surface area contributed by atoms with Crippen molar-refractivity contribution >= 4 is 17.8 Å². The molecule has 1 aromatic rings. The van der Waals surface area contributed by atoms with Crippen LogP contribution in [0.15, 0.2) is 24.3 Å². The van der Waals surface area contributed by atoms with E-state index < -0.39 is 11.6 Å². The standard InChI is InChI=1S/C20H26N4O3/c1-13-3-5-14(6-4-13)20(2)18(26)23(19(27)22-20)12-17(25)24-15-7-8-16(24)11-21-10-9-15/h3-6,15-16,21H,7-12H2,1-2H3,(H,22,27). The van der Waals surface area contributed by atoms with Crippen LogP contribution in [0.5, 0.6) is 0 Å². The zero-order valence-corrected chi connectivity index (χ0v) is 15.8. The number of hydrogen-bond acceptors (Lipinski definition) is 4. The summed E-state index contributed by atoms with van der Waals surface area (Å²) >= 11 is 0. The molecule has 4 amide bonds. The van der Waals surface area contributed by atoms with Gasteiger partial charge in [0, 0.05) is 18.6 Å². The number of aryl methyl sites for hydroxylation is 1. The van der Waals surface area contributed by atoms with Gasteiger partial charge in [-0.3, -0.25) is 14.5 Å². The van der Waals surface area contributed by atoms with Crippen LogP contribution in [-0.2, 0) is 15.1 Å². The lowest BCUT2D eigenvalue weighted by Gasteiger charge is -2.29. The first-order valence-electron chi connectivity index (χ1n) is 9.63. The number of urea groups is 1. The first kappa shape index (κ1) is 18.0. The number of fused-ring (bicyclic) bond motifs is 2. The molecule has 0 radical (unpaired) electrons. The highest BCUT2D eigenvalue weighted by atomic mass is 16.2. The van der Waals surface area contributed by atoms with E-state index in [2.05, 4.69) is 10.6 Å². The average molecular weight is 370 g/mol. The average Bonchev–Trinajstić information content (AvgIpc) is 3.02. The van der Waals surface area contributed by atoms with E-state index in [9.17, 15) is 14.4 Å². The second-order valence-electron chi connectivity index (χ2n) is 7.99. The zero-order valence-electron chi connectivity index (χ0n) is 15.8. The molecule has 0 aliphatic carbocycles. The van der Waals surface area contributed by atoms with Crippen LogP contribution in [0.25, 0.3) is 0 Å². The molecule has 27 heavy (non-hydrogen) atoms. The van der Waals surface area contributed by atoms with Crippen molar-refractivity contribution in [3.63, 3.8) is 0 Å². The van der Waals surface area contributed by atoms with E-state index >= 15 is 0 Å². The number of rotatable bonds is 3. The van der Waals surface area contributed by atoms with Crippen LogP contribution in [0.1, 0.15) is 37.3 Å². The fraction of sp³-hybridized carbons (Fsp3) is 0.550. The first-order valence-corrected chi connectivity index (χ1v) is 9.63. The predicted octanol–water partition coefficient (Wildman–Crippen LogP) is 1.11. The van der Waals surface area contributed by atoms with Crippen molar-refractivity contribution in [2.45, 2.75) is 50.7 Å². The van der Waals surface area contributed by atoms with E-state index in [1.54, 1.807) is 6.92 Å². The summed E-state index contributed by atoms with van der Waals surface area (Å²) in [5.74, 6) is -0.507. The monoisotopic (exact) mass is 370 g/mol. The SMILES string of the molecule is Cc1ccc(C2(C)NC(=O)N(CC(=O)N3C4CCNCC3CC4)C2=O)cc1. The van der Waals surface area contributed by atoms with Crippen LogP contribution >= 0.6 is 0 Å². The molecule has 1 aromatic carbocycles. The molecule has 3 heterocycles. The summed E-state index contributed by atoms with van der Waals surface area (Å²) < 4.78 is 0. The van der Waals surface area contributed by atoms with Crippen LogP contribution in [0.4, 0.5) is 4.79 Å². The molecule has 0 saturated carbocycles. The van der Waals surface area contributed by atoms with Crippen molar-refractivity contribution < 1.29 is 14.4 Å². The maximum Gasteiger partial charge on any atom is 0.325 e. The maximum absolute atomic E-state index is 13.0. The van der Waals surface area contributed by atoms with Gasteiger partial charge in [-0.15, -0.1) is 0 Å². The third-order valence-corrected chi connectivity index (χ3v) is 6.14. The Morgan fingerprint density at radius 3 is 2.59 bits per heavy atom. The van der Waals surface area contributed by atoms with E-state index in [4.69, 9.17) is 0 Å². The molecule has 2 N–H and O–H groups in total. The second kappa shape index (κ2) is 6.64. The molecule has 3 fully saturated rings. The summed E-state index contributed by atoms with van der Waals surface area (Å²) in [4.78, 5) is 41.5. The van der Waals surface area contributed by atoms with Crippen molar-refractivity contribution in [3.8, 4) is 0 Å². The Kier molecular flexibility index (Phi) is 4.42. The Morgan fingerprint density at radius 1 is 1.15 bits per heavy atom. The Morgan fingerprint density at radius 2 is 1.85 bits per heavy atom. The van der Waals surface area contributed by atoms with Gasteiger partial charge >= 0.3 is 6.03 Å². The highest BCUT2D eigenvalue weighted by Crippen LogP contribution is 2.31. The van der Waals surface area contributed by atoms with Gasteiger partial charge in [0.2, 0.25) is 5.91 Å². The lowest BCUT2D eigenvalue weighted by Crippen LogP contribution is -2.49. The van der Waals surface area contributed by atoms with Gasteiger partial charge in [-0.05, 0) is 45.2 Å². The lowest BCUT2D eigenvalue weighted by atomic mass is 9.91. The molecule has 7 heteroatoms. The molecule has 2 bridgehead atoms. The maximum atomic E-state index is 13.0. The van der Waals surface area contributed by atoms with Gasteiger partial charge in [0.25, 0.3) is 5.91 Å². The van der Waals surface area contributed by atoms with Crippen LogP contribution in [0.2, 0.25) is 0 Å². The van der Waals surface area contributed by atoms with Crippen molar-refractivity contribution in [3.05, 3.63) is 35.4 Å². The molecule has 0 spiro atoms. The smallest absolute Gasteiger partial charge is 0.325 e. The summed E-state index contributed by atoms with van der Waals surface area (Å²) in [6.45, 7) is 5.15. The number of carbonyl (C=O) groups is 3. The molecule has 0 aromatic heterocycles. The number of nitrogens with one attached hydrogen (secondary N) is 2. The number of carbonyl (C=O) groups excluding carboxylic acids is 3.